The molecule has 0 aromatic carbocycles. The Morgan fingerprint density at radius 3 is 3.11 bits per heavy atom. The van der Waals surface area contributed by atoms with Gasteiger partial charge in [0.25, 0.3) is 5.91 Å². The Morgan fingerprint density at radius 1 is 1.57 bits per heavy atom. The fourth-order valence-electron chi connectivity index (χ4n) is 2.69. The number of amides is 1. The van der Waals surface area contributed by atoms with E-state index in [0.717, 1.165) is 25.7 Å². The van der Waals surface area contributed by atoms with Crippen molar-refractivity contribution < 1.29 is 13.9 Å². The molecule has 1 aliphatic rings. The van der Waals surface area contributed by atoms with Gasteiger partial charge in [-0.1, -0.05) is 6.08 Å². The highest BCUT2D eigenvalue weighted by atomic mass is 19.1. The van der Waals surface area contributed by atoms with Crippen LogP contribution in [-0.4, -0.2) is 63.4 Å². The van der Waals surface area contributed by atoms with Crippen molar-refractivity contribution in [3.63, 3.8) is 0 Å². The molecule has 11 heteroatoms. The van der Waals surface area contributed by atoms with Gasteiger partial charge in [0.2, 0.25) is 5.88 Å². The van der Waals surface area contributed by atoms with Crippen LogP contribution in [0.3, 0.4) is 0 Å². The summed E-state index contributed by atoms with van der Waals surface area (Å²) in [4.78, 5) is 26.8. The number of carbonyl (C=O) groups excluding carboxylic acids is 1. The van der Waals surface area contributed by atoms with Crippen LogP contribution in [-0.2, 0) is 0 Å². The zero-order chi connectivity index (χ0) is 20.1. The van der Waals surface area contributed by atoms with Gasteiger partial charge >= 0.3 is 0 Å². The number of aromatic nitrogens is 4. The van der Waals surface area contributed by atoms with E-state index in [0.29, 0.717) is 0 Å². The standard InChI is InChI=1S/C17H21FN8O2/c1-3-10(18)6-21-15-13(14(19)24-25-15)16(27)23-12-7-20-9-22-17(12)28-11-4-5-26(2)8-11/h3,6-7,9,11H,4-5,8H2,1-2H3,(H,23,27)(H3,19,24,25)/b10-3+,21-6?/t11-/m1/s1. The van der Waals surface area contributed by atoms with Crippen LogP contribution in [0.25, 0.3) is 0 Å². The van der Waals surface area contributed by atoms with Gasteiger partial charge in [-0.2, -0.15) is 10.1 Å². The molecule has 148 valence electrons. The molecule has 10 nitrogen and oxygen atoms in total. The molecule has 3 heterocycles. The maximum Gasteiger partial charge on any atom is 0.263 e. The highest BCUT2D eigenvalue weighted by Crippen LogP contribution is 2.27. The first kappa shape index (κ1) is 19.4. The summed E-state index contributed by atoms with van der Waals surface area (Å²) in [5.41, 5.74) is 6.06. The molecule has 0 radical (unpaired) electrons. The van der Waals surface area contributed by atoms with Crippen molar-refractivity contribution >= 4 is 29.4 Å². The maximum absolute atomic E-state index is 13.3. The molecule has 0 unspecified atom stereocenters. The molecule has 1 amide bonds. The third-order valence-electron chi connectivity index (χ3n) is 4.14. The molecule has 28 heavy (non-hydrogen) atoms. The van der Waals surface area contributed by atoms with Crippen LogP contribution >= 0.6 is 0 Å². The Bertz CT molecular complexity index is 910. The van der Waals surface area contributed by atoms with Gasteiger partial charge in [0.05, 0.1) is 12.4 Å². The van der Waals surface area contributed by atoms with Crippen LogP contribution in [0.2, 0.25) is 0 Å². The van der Waals surface area contributed by atoms with E-state index in [9.17, 15) is 9.18 Å². The number of likely N-dealkylation sites (N-methyl/N-ethyl adjacent to an activating group) is 1. The molecule has 3 rings (SSSR count). The summed E-state index contributed by atoms with van der Waals surface area (Å²) in [5.74, 6) is -0.939. The van der Waals surface area contributed by atoms with Crippen LogP contribution in [0.15, 0.2) is 29.4 Å². The van der Waals surface area contributed by atoms with Crippen LogP contribution in [0, 0.1) is 0 Å². The number of hydrogen-bond donors (Lipinski definition) is 3. The summed E-state index contributed by atoms with van der Waals surface area (Å²) in [7, 11) is 2.01. The molecule has 1 saturated heterocycles. The van der Waals surface area contributed by atoms with Gasteiger partial charge in [-0.25, -0.2) is 14.4 Å². The van der Waals surface area contributed by atoms with Crippen molar-refractivity contribution in [2.75, 3.05) is 31.2 Å². The second kappa shape index (κ2) is 8.57. The lowest BCUT2D eigenvalue weighted by atomic mass is 10.2. The minimum Gasteiger partial charge on any atom is -0.471 e. The first-order chi connectivity index (χ1) is 13.5. The van der Waals surface area contributed by atoms with Crippen LogP contribution in [0.4, 0.5) is 21.7 Å². The zero-order valence-corrected chi connectivity index (χ0v) is 15.5. The molecular formula is C17H21FN8O2. The van der Waals surface area contributed by atoms with Crippen molar-refractivity contribution in [1.82, 2.24) is 25.1 Å². The van der Waals surface area contributed by atoms with Crippen molar-refractivity contribution in [3.05, 3.63) is 30.0 Å². The normalized spacial score (nSPS) is 18.0. The van der Waals surface area contributed by atoms with E-state index in [-0.39, 0.29) is 34.9 Å². The van der Waals surface area contributed by atoms with E-state index in [4.69, 9.17) is 10.5 Å². The number of H-pyrrole nitrogens is 1. The Balaban J connectivity index is 1.79. The molecule has 1 atom stereocenters. The number of likely N-dealkylation sites (tertiary alicyclic amines) is 1. The SMILES string of the molecule is C/C=C(/F)C=Nc1n[nH]c(N)c1C(=O)Nc1cncnc1O[C@@H]1CCN(C)C1. The largest absolute Gasteiger partial charge is 0.471 e. The molecule has 0 spiro atoms. The van der Waals surface area contributed by atoms with Crippen LogP contribution in [0.1, 0.15) is 23.7 Å². The molecule has 4 N–H and O–H groups in total. The van der Waals surface area contributed by atoms with E-state index in [1.165, 1.54) is 25.5 Å². The molecule has 0 bridgehead atoms. The number of nitrogen functional groups attached to an aromatic ring is 1. The number of aliphatic imine (C=N–C) groups is 1. The summed E-state index contributed by atoms with van der Waals surface area (Å²) in [5, 5.41) is 8.95. The zero-order valence-electron chi connectivity index (χ0n) is 15.5. The molecule has 2 aromatic rings. The minimum absolute atomic E-state index is 0.00210. The van der Waals surface area contributed by atoms with Gasteiger partial charge < -0.3 is 20.7 Å². The smallest absolute Gasteiger partial charge is 0.263 e. The molecule has 0 aliphatic carbocycles. The highest BCUT2D eigenvalue weighted by Gasteiger charge is 2.24. The second-order valence-electron chi connectivity index (χ2n) is 6.25. The lowest BCUT2D eigenvalue weighted by Gasteiger charge is -2.15. The van der Waals surface area contributed by atoms with Crippen molar-refractivity contribution in [2.24, 2.45) is 4.99 Å². The van der Waals surface area contributed by atoms with Gasteiger partial charge in [-0.05, 0) is 20.4 Å². The van der Waals surface area contributed by atoms with Gasteiger partial charge in [0, 0.05) is 13.1 Å². The number of aromatic amines is 1. The Morgan fingerprint density at radius 2 is 2.39 bits per heavy atom. The fourth-order valence-corrected chi connectivity index (χ4v) is 2.69. The van der Waals surface area contributed by atoms with E-state index in [1.54, 1.807) is 0 Å². The van der Waals surface area contributed by atoms with Gasteiger partial charge in [0.15, 0.2) is 5.82 Å². The number of anilines is 2. The number of nitrogens with one attached hydrogen (secondary N) is 2. The number of rotatable bonds is 6. The number of hydrogen-bond acceptors (Lipinski definition) is 8. The number of allylic oxidation sites excluding steroid dienone is 2. The monoisotopic (exact) mass is 388 g/mol. The van der Waals surface area contributed by atoms with Crippen molar-refractivity contribution in [1.29, 1.82) is 0 Å². The summed E-state index contributed by atoms with van der Waals surface area (Å²) in [6.07, 6.45) is 5.77. The van der Waals surface area contributed by atoms with Crippen LogP contribution in [0.5, 0.6) is 5.88 Å². The fraction of sp³-hybridized carbons (Fsp3) is 0.353. The van der Waals surface area contributed by atoms with Gasteiger partial charge in [0.1, 0.15) is 35.3 Å². The molecule has 1 fully saturated rings. The third kappa shape index (κ3) is 4.49. The average Bonchev–Trinajstić information content (AvgIpc) is 3.26. The number of nitrogens with two attached hydrogens (primary N) is 1. The van der Waals surface area contributed by atoms with E-state index < -0.39 is 11.7 Å². The summed E-state index contributed by atoms with van der Waals surface area (Å²) in [6.45, 7) is 3.21. The third-order valence-corrected chi connectivity index (χ3v) is 4.14. The Kier molecular flexibility index (Phi) is 5.94. The van der Waals surface area contributed by atoms with E-state index in [1.807, 2.05) is 7.05 Å². The van der Waals surface area contributed by atoms with Crippen LogP contribution < -0.4 is 15.8 Å². The molecule has 1 aliphatic heterocycles. The highest BCUT2D eigenvalue weighted by molar-refractivity contribution is 6.11. The Hall–Kier alpha value is -3.34. The Labute approximate surface area is 160 Å². The maximum atomic E-state index is 13.3. The minimum atomic E-state index is -0.595. The quantitative estimate of drug-likeness (QED) is 0.641. The molecule has 2 aromatic heterocycles. The van der Waals surface area contributed by atoms with Gasteiger partial charge in [-0.3, -0.25) is 9.89 Å². The van der Waals surface area contributed by atoms with Crippen molar-refractivity contribution in [2.45, 2.75) is 19.4 Å². The molecular weight excluding hydrogens is 367 g/mol. The number of carbonyl (C=O) groups is 1. The van der Waals surface area contributed by atoms with Crippen molar-refractivity contribution in [3.8, 4) is 5.88 Å². The first-order valence-corrected chi connectivity index (χ1v) is 8.64. The summed E-state index contributed by atoms with van der Waals surface area (Å²) < 4.78 is 19.2. The van der Waals surface area contributed by atoms with E-state index >= 15 is 0 Å². The first-order valence-electron chi connectivity index (χ1n) is 8.64. The second-order valence-corrected chi connectivity index (χ2v) is 6.25. The summed E-state index contributed by atoms with van der Waals surface area (Å²) >= 11 is 0. The predicted molar refractivity (Wildman–Crippen MR) is 103 cm³/mol. The lowest BCUT2D eigenvalue weighted by Crippen LogP contribution is -2.23. The topological polar surface area (TPSA) is 134 Å². The van der Waals surface area contributed by atoms with E-state index in [2.05, 4.69) is 35.4 Å². The van der Waals surface area contributed by atoms with Gasteiger partial charge in [-0.15, -0.1) is 0 Å². The lowest BCUT2D eigenvalue weighted by molar-refractivity contribution is 0.102. The number of nitrogens with zero attached hydrogens (tertiary/aromatic N) is 5. The summed E-state index contributed by atoms with van der Waals surface area (Å²) in [6, 6.07) is 0. The number of ether oxygens (including phenoxy) is 1. The predicted octanol–water partition coefficient (Wildman–Crippen LogP) is 1.69. The number of halogens is 1. The average molecular weight is 388 g/mol. The molecule has 0 saturated carbocycles.